The predicted octanol–water partition coefficient (Wildman–Crippen LogP) is 3.23. The standard InChI is InChI=1S/C14H17O/c1-4-7-12-9-11(6-3)10-13(8-5-2)14(12)15/h4-5,9-10,15H,1-3,6-8H2. The van der Waals surface area contributed by atoms with E-state index in [1.54, 1.807) is 12.2 Å². The average molecular weight is 201 g/mol. The van der Waals surface area contributed by atoms with E-state index in [-0.39, 0.29) is 0 Å². The lowest BCUT2D eigenvalue weighted by atomic mass is 9.98. The third-order valence-corrected chi connectivity index (χ3v) is 2.34. The van der Waals surface area contributed by atoms with Gasteiger partial charge >= 0.3 is 0 Å². The van der Waals surface area contributed by atoms with E-state index >= 15 is 0 Å². The van der Waals surface area contributed by atoms with E-state index < -0.39 is 0 Å². The van der Waals surface area contributed by atoms with Crippen molar-refractivity contribution < 1.29 is 5.11 Å². The van der Waals surface area contributed by atoms with Crippen LogP contribution >= 0.6 is 0 Å². The highest BCUT2D eigenvalue weighted by Gasteiger charge is 2.07. The highest BCUT2D eigenvalue weighted by Crippen LogP contribution is 2.26. The summed E-state index contributed by atoms with van der Waals surface area (Å²) in [7, 11) is 0. The highest BCUT2D eigenvalue weighted by atomic mass is 16.3. The molecule has 0 spiro atoms. The van der Waals surface area contributed by atoms with Gasteiger partial charge in [-0.2, -0.15) is 0 Å². The fourth-order valence-electron chi connectivity index (χ4n) is 1.60. The molecule has 0 amide bonds. The third kappa shape index (κ3) is 2.72. The van der Waals surface area contributed by atoms with Crippen LogP contribution in [0.4, 0.5) is 0 Å². The van der Waals surface area contributed by atoms with Crippen molar-refractivity contribution in [2.75, 3.05) is 0 Å². The summed E-state index contributed by atoms with van der Waals surface area (Å²) in [5, 5.41) is 9.96. The molecule has 0 fully saturated rings. The minimum absolute atomic E-state index is 0.368. The smallest absolute Gasteiger partial charge is 0.122 e. The Balaban J connectivity index is 3.19. The molecule has 1 N–H and O–H groups in total. The topological polar surface area (TPSA) is 20.2 Å². The van der Waals surface area contributed by atoms with Gasteiger partial charge in [-0.1, -0.05) is 24.3 Å². The SMILES string of the molecule is [CH2]Cc1cc(CC=C)c(O)c(CC=C)c1. The van der Waals surface area contributed by atoms with Crippen molar-refractivity contribution in [1.82, 2.24) is 0 Å². The molecular formula is C14H17O. The fraction of sp³-hybridized carbons (Fsp3) is 0.214. The molecule has 79 valence electrons. The first kappa shape index (κ1) is 11.6. The van der Waals surface area contributed by atoms with Gasteiger partial charge in [0, 0.05) is 0 Å². The summed E-state index contributed by atoms with van der Waals surface area (Å²) in [6.07, 6.45) is 5.68. The molecule has 0 aromatic heterocycles. The van der Waals surface area contributed by atoms with Gasteiger partial charge < -0.3 is 5.11 Å². The second-order valence-electron chi connectivity index (χ2n) is 3.50. The molecule has 1 rings (SSSR count). The molecule has 0 aliphatic carbocycles. The first-order chi connectivity index (χ1) is 7.22. The van der Waals surface area contributed by atoms with Crippen LogP contribution in [0, 0.1) is 6.92 Å². The van der Waals surface area contributed by atoms with E-state index in [9.17, 15) is 5.11 Å². The van der Waals surface area contributed by atoms with E-state index in [0.717, 1.165) is 23.1 Å². The van der Waals surface area contributed by atoms with Gasteiger partial charge in [-0.05, 0) is 42.9 Å². The number of benzene rings is 1. The summed E-state index contributed by atoms with van der Waals surface area (Å²) in [4.78, 5) is 0. The monoisotopic (exact) mass is 201 g/mol. The summed E-state index contributed by atoms with van der Waals surface area (Å²) in [6.45, 7) is 11.2. The third-order valence-electron chi connectivity index (χ3n) is 2.34. The van der Waals surface area contributed by atoms with Gasteiger partial charge in [0.25, 0.3) is 0 Å². The minimum atomic E-state index is 0.368. The maximum Gasteiger partial charge on any atom is 0.122 e. The van der Waals surface area contributed by atoms with Gasteiger partial charge in [0.15, 0.2) is 0 Å². The van der Waals surface area contributed by atoms with Gasteiger partial charge in [-0.15, -0.1) is 13.2 Å². The Kier molecular flexibility index (Phi) is 4.17. The molecule has 15 heavy (non-hydrogen) atoms. The van der Waals surface area contributed by atoms with E-state index in [1.165, 1.54) is 0 Å². The van der Waals surface area contributed by atoms with Gasteiger partial charge in [-0.25, -0.2) is 0 Å². The number of phenolic OH excluding ortho intramolecular Hbond substituents is 1. The molecule has 1 aromatic rings. The fourth-order valence-corrected chi connectivity index (χ4v) is 1.60. The zero-order valence-corrected chi connectivity index (χ0v) is 9.00. The Morgan fingerprint density at radius 3 is 1.87 bits per heavy atom. The number of hydrogen-bond acceptors (Lipinski definition) is 1. The summed E-state index contributed by atoms with van der Waals surface area (Å²) >= 11 is 0. The number of hydrogen-bond donors (Lipinski definition) is 1. The number of aromatic hydroxyl groups is 1. The van der Waals surface area contributed by atoms with Crippen LogP contribution in [0.2, 0.25) is 0 Å². The van der Waals surface area contributed by atoms with Crippen molar-refractivity contribution >= 4 is 0 Å². The molecule has 0 unspecified atom stereocenters. The zero-order valence-electron chi connectivity index (χ0n) is 9.00. The molecule has 0 saturated carbocycles. The van der Waals surface area contributed by atoms with E-state index in [2.05, 4.69) is 20.1 Å². The first-order valence-electron chi connectivity index (χ1n) is 5.07. The van der Waals surface area contributed by atoms with Crippen molar-refractivity contribution in [3.05, 3.63) is 61.1 Å². The zero-order chi connectivity index (χ0) is 11.3. The molecule has 0 aliphatic rings. The number of allylic oxidation sites excluding steroid dienone is 2. The molecule has 1 radical (unpaired) electrons. The second kappa shape index (κ2) is 5.40. The van der Waals surface area contributed by atoms with Gasteiger partial charge in [0.1, 0.15) is 5.75 Å². The maximum absolute atomic E-state index is 9.96. The Morgan fingerprint density at radius 1 is 1.07 bits per heavy atom. The molecule has 1 nitrogen and oxygen atoms in total. The Morgan fingerprint density at radius 2 is 1.53 bits per heavy atom. The van der Waals surface area contributed by atoms with Crippen LogP contribution in [0.5, 0.6) is 5.75 Å². The van der Waals surface area contributed by atoms with Crippen LogP contribution in [0.25, 0.3) is 0 Å². The second-order valence-corrected chi connectivity index (χ2v) is 3.50. The lowest BCUT2D eigenvalue weighted by Gasteiger charge is -2.10. The highest BCUT2D eigenvalue weighted by molar-refractivity contribution is 5.45. The van der Waals surface area contributed by atoms with Crippen molar-refractivity contribution in [1.29, 1.82) is 0 Å². The molecule has 0 aliphatic heterocycles. The van der Waals surface area contributed by atoms with E-state index in [0.29, 0.717) is 18.6 Å². The quantitative estimate of drug-likeness (QED) is 0.725. The van der Waals surface area contributed by atoms with E-state index in [4.69, 9.17) is 0 Å². The molecule has 0 bridgehead atoms. The van der Waals surface area contributed by atoms with Crippen LogP contribution in [-0.2, 0) is 19.3 Å². The Hall–Kier alpha value is -1.50. The average Bonchev–Trinajstić information content (AvgIpc) is 2.24. The molecule has 1 heteroatoms. The van der Waals surface area contributed by atoms with Crippen molar-refractivity contribution in [2.24, 2.45) is 0 Å². The van der Waals surface area contributed by atoms with Crippen LogP contribution in [-0.4, -0.2) is 5.11 Å². The van der Waals surface area contributed by atoms with Gasteiger partial charge in [0.2, 0.25) is 0 Å². The summed E-state index contributed by atoms with van der Waals surface area (Å²) in [6, 6.07) is 3.97. The normalized spacial score (nSPS) is 9.93. The predicted molar refractivity (Wildman–Crippen MR) is 65.0 cm³/mol. The molecule has 0 saturated heterocycles. The van der Waals surface area contributed by atoms with Crippen molar-refractivity contribution in [3.63, 3.8) is 0 Å². The summed E-state index contributed by atoms with van der Waals surface area (Å²) in [5.41, 5.74) is 2.98. The molecule has 1 aromatic carbocycles. The molecule has 0 atom stereocenters. The Bertz CT molecular complexity index is 333. The van der Waals surface area contributed by atoms with Crippen molar-refractivity contribution in [2.45, 2.75) is 19.3 Å². The maximum atomic E-state index is 9.96. The molecule has 0 heterocycles. The van der Waals surface area contributed by atoms with Crippen LogP contribution < -0.4 is 0 Å². The molecular weight excluding hydrogens is 184 g/mol. The summed E-state index contributed by atoms with van der Waals surface area (Å²) in [5.74, 6) is 0.368. The van der Waals surface area contributed by atoms with Crippen LogP contribution in [0.3, 0.4) is 0 Å². The van der Waals surface area contributed by atoms with Gasteiger partial charge in [0.05, 0.1) is 0 Å². The van der Waals surface area contributed by atoms with Gasteiger partial charge in [-0.3, -0.25) is 0 Å². The van der Waals surface area contributed by atoms with Crippen molar-refractivity contribution in [3.8, 4) is 5.75 Å². The number of phenols is 1. The minimum Gasteiger partial charge on any atom is -0.507 e. The van der Waals surface area contributed by atoms with Crippen LogP contribution in [0.1, 0.15) is 16.7 Å². The largest absolute Gasteiger partial charge is 0.507 e. The summed E-state index contributed by atoms with van der Waals surface area (Å²) < 4.78 is 0. The lowest BCUT2D eigenvalue weighted by molar-refractivity contribution is 0.464. The van der Waals surface area contributed by atoms with Crippen LogP contribution in [0.15, 0.2) is 37.4 Å². The Labute approximate surface area is 91.8 Å². The van der Waals surface area contributed by atoms with E-state index in [1.807, 2.05) is 12.1 Å². The lowest BCUT2D eigenvalue weighted by Crippen LogP contribution is -1.93. The number of rotatable bonds is 5. The first-order valence-corrected chi connectivity index (χ1v) is 5.07.